The van der Waals surface area contributed by atoms with E-state index in [0.717, 1.165) is 56.1 Å². The average Bonchev–Trinajstić information content (AvgIpc) is 3.97. The van der Waals surface area contributed by atoms with Crippen LogP contribution in [-0.4, -0.2) is 0 Å². The van der Waals surface area contributed by atoms with Gasteiger partial charge < -0.3 is 14.2 Å². The molecule has 0 aliphatic heterocycles. The smallest absolute Gasteiger partial charge is 0.135 e. The standard InChI is InChI=1S/C52H32N2OS2/c1-3-15-34(16-4-1)53(36-27-30-46-42(32-36)38-20-9-11-24-45(38)55-46)50-43(29-31-48-49(50)41-28-26-33-14-7-8-19-37(33)51(41)57-48)54(35-17-5-2-6-18-35)44-23-13-22-40-39-21-10-12-25-47(39)56-52(40)44/h1-32H. The van der Waals surface area contributed by atoms with E-state index in [2.05, 4.69) is 198 Å². The Morgan fingerprint density at radius 3 is 1.86 bits per heavy atom. The molecule has 12 rings (SSSR count). The molecule has 0 saturated heterocycles. The highest BCUT2D eigenvalue weighted by atomic mass is 32.1. The van der Waals surface area contributed by atoms with E-state index in [9.17, 15) is 0 Å². The summed E-state index contributed by atoms with van der Waals surface area (Å²) in [5.41, 5.74) is 8.35. The van der Waals surface area contributed by atoms with E-state index < -0.39 is 0 Å². The van der Waals surface area contributed by atoms with Crippen LogP contribution in [-0.2, 0) is 0 Å². The molecule has 5 heteroatoms. The van der Waals surface area contributed by atoms with Crippen molar-refractivity contribution in [1.82, 2.24) is 0 Å². The summed E-state index contributed by atoms with van der Waals surface area (Å²) in [5.74, 6) is 0. The molecule has 0 aliphatic rings. The van der Waals surface area contributed by atoms with Gasteiger partial charge >= 0.3 is 0 Å². The molecule has 0 bridgehead atoms. The van der Waals surface area contributed by atoms with Crippen LogP contribution in [0, 0.1) is 0 Å². The highest BCUT2D eigenvalue weighted by Crippen LogP contribution is 2.55. The van der Waals surface area contributed by atoms with Crippen LogP contribution in [0.5, 0.6) is 0 Å². The first-order valence-corrected chi connectivity index (χ1v) is 20.8. The predicted octanol–water partition coefficient (Wildman–Crippen LogP) is 16.4. The molecule has 3 heterocycles. The summed E-state index contributed by atoms with van der Waals surface area (Å²) in [4.78, 5) is 4.96. The van der Waals surface area contributed by atoms with Crippen molar-refractivity contribution in [3.63, 3.8) is 0 Å². The Morgan fingerprint density at radius 2 is 1.02 bits per heavy atom. The molecule has 12 aromatic rings. The lowest BCUT2D eigenvalue weighted by Gasteiger charge is -2.34. The van der Waals surface area contributed by atoms with E-state index in [1.807, 2.05) is 28.7 Å². The van der Waals surface area contributed by atoms with Gasteiger partial charge in [0.2, 0.25) is 0 Å². The Kier molecular flexibility index (Phi) is 7.27. The fraction of sp³-hybridized carbons (Fsp3) is 0. The van der Waals surface area contributed by atoms with Crippen LogP contribution in [0.2, 0.25) is 0 Å². The molecule has 0 N–H and O–H groups in total. The molecule has 0 unspecified atom stereocenters. The van der Waals surface area contributed by atoms with Gasteiger partial charge in [-0.25, -0.2) is 0 Å². The minimum Gasteiger partial charge on any atom is -0.456 e. The molecular formula is C52H32N2OS2. The molecule has 0 fully saturated rings. The first-order chi connectivity index (χ1) is 28.3. The van der Waals surface area contributed by atoms with Crippen molar-refractivity contribution >= 4 is 130 Å². The van der Waals surface area contributed by atoms with Gasteiger partial charge in [0, 0.05) is 63.5 Å². The molecule has 9 aromatic carbocycles. The first kappa shape index (κ1) is 32.3. The average molecular weight is 765 g/mol. The number of rotatable bonds is 6. The molecule has 0 amide bonds. The van der Waals surface area contributed by atoms with Crippen molar-refractivity contribution in [3.05, 3.63) is 194 Å². The van der Waals surface area contributed by atoms with Gasteiger partial charge in [0.1, 0.15) is 11.2 Å². The summed E-state index contributed by atoms with van der Waals surface area (Å²) in [7, 11) is 0. The number of fused-ring (bicyclic) bond motifs is 11. The van der Waals surface area contributed by atoms with Crippen molar-refractivity contribution in [3.8, 4) is 0 Å². The largest absolute Gasteiger partial charge is 0.456 e. The molecule has 0 atom stereocenters. The van der Waals surface area contributed by atoms with Crippen molar-refractivity contribution < 1.29 is 4.42 Å². The van der Waals surface area contributed by atoms with Crippen LogP contribution in [0.25, 0.3) is 73.1 Å². The summed E-state index contributed by atoms with van der Waals surface area (Å²) in [5, 5.41) is 9.74. The molecule has 0 radical (unpaired) electrons. The third-order valence-electron chi connectivity index (χ3n) is 11.2. The quantitative estimate of drug-likeness (QED) is 0.168. The number of thiophene rings is 2. The van der Waals surface area contributed by atoms with Gasteiger partial charge in [-0.3, -0.25) is 0 Å². The van der Waals surface area contributed by atoms with E-state index >= 15 is 0 Å². The summed E-state index contributed by atoms with van der Waals surface area (Å²) < 4.78 is 11.4. The van der Waals surface area contributed by atoms with Crippen LogP contribution in [0.3, 0.4) is 0 Å². The molecular weight excluding hydrogens is 733 g/mol. The Labute approximate surface area is 336 Å². The van der Waals surface area contributed by atoms with Crippen molar-refractivity contribution in [2.45, 2.75) is 0 Å². The number of hydrogen-bond acceptors (Lipinski definition) is 5. The van der Waals surface area contributed by atoms with Gasteiger partial charge in [-0.05, 0) is 83.6 Å². The Balaban J connectivity index is 1.24. The van der Waals surface area contributed by atoms with Gasteiger partial charge in [0.25, 0.3) is 0 Å². The van der Waals surface area contributed by atoms with E-state index in [-0.39, 0.29) is 0 Å². The number of benzene rings is 9. The lowest BCUT2D eigenvalue weighted by atomic mass is 10.0. The summed E-state index contributed by atoms with van der Waals surface area (Å²) >= 11 is 3.74. The number of nitrogens with zero attached hydrogens (tertiary/aromatic N) is 2. The zero-order valence-corrected chi connectivity index (χ0v) is 32.2. The minimum atomic E-state index is 0.876. The van der Waals surface area contributed by atoms with Crippen LogP contribution < -0.4 is 9.80 Å². The lowest BCUT2D eigenvalue weighted by Crippen LogP contribution is -2.17. The van der Waals surface area contributed by atoms with Crippen LogP contribution in [0.4, 0.5) is 34.1 Å². The summed E-state index contributed by atoms with van der Waals surface area (Å²) in [6, 6.07) is 70.3. The maximum Gasteiger partial charge on any atom is 0.135 e. The zero-order valence-electron chi connectivity index (χ0n) is 30.6. The normalized spacial score (nSPS) is 11.9. The van der Waals surface area contributed by atoms with Crippen molar-refractivity contribution in [1.29, 1.82) is 0 Å². The third-order valence-corrected chi connectivity index (χ3v) is 13.6. The Bertz CT molecular complexity index is 3490. The maximum atomic E-state index is 6.37. The highest BCUT2D eigenvalue weighted by molar-refractivity contribution is 7.27. The first-order valence-electron chi connectivity index (χ1n) is 19.2. The second-order valence-corrected chi connectivity index (χ2v) is 16.5. The zero-order chi connectivity index (χ0) is 37.5. The summed E-state index contributed by atoms with van der Waals surface area (Å²) in [6.45, 7) is 0. The molecule has 3 aromatic heterocycles. The summed E-state index contributed by atoms with van der Waals surface area (Å²) in [6.07, 6.45) is 0. The predicted molar refractivity (Wildman–Crippen MR) is 246 cm³/mol. The van der Waals surface area contributed by atoms with E-state index in [0.29, 0.717) is 0 Å². The Morgan fingerprint density at radius 1 is 0.351 bits per heavy atom. The second-order valence-electron chi connectivity index (χ2n) is 14.4. The molecule has 3 nitrogen and oxygen atoms in total. The highest BCUT2D eigenvalue weighted by Gasteiger charge is 2.28. The van der Waals surface area contributed by atoms with Crippen LogP contribution in [0.15, 0.2) is 199 Å². The van der Waals surface area contributed by atoms with Crippen LogP contribution >= 0.6 is 22.7 Å². The molecule has 0 spiro atoms. The van der Waals surface area contributed by atoms with Gasteiger partial charge in [-0.2, -0.15) is 0 Å². The van der Waals surface area contributed by atoms with Gasteiger partial charge in [0.15, 0.2) is 0 Å². The molecule has 57 heavy (non-hydrogen) atoms. The fourth-order valence-corrected chi connectivity index (χ4v) is 11.2. The molecule has 268 valence electrons. The van der Waals surface area contributed by atoms with Crippen molar-refractivity contribution in [2.24, 2.45) is 0 Å². The monoisotopic (exact) mass is 764 g/mol. The molecule has 0 saturated carbocycles. The molecule has 0 aliphatic carbocycles. The van der Waals surface area contributed by atoms with Crippen LogP contribution in [0.1, 0.15) is 0 Å². The number of para-hydroxylation sites is 3. The third kappa shape index (κ3) is 5.03. The van der Waals surface area contributed by atoms with Crippen molar-refractivity contribution in [2.75, 3.05) is 9.80 Å². The lowest BCUT2D eigenvalue weighted by molar-refractivity contribution is 0.669. The topological polar surface area (TPSA) is 19.6 Å². The fourth-order valence-electron chi connectivity index (χ4n) is 8.70. The number of anilines is 6. The minimum absolute atomic E-state index is 0.876. The van der Waals surface area contributed by atoms with E-state index in [4.69, 9.17) is 4.42 Å². The van der Waals surface area contributed by atoms with Gasteiger partial charge in [0.05, 0.1) is 21.8 Å². The van der Waals surface area contributed by atoms with E-state index in [1.165, 1.54) is 51.1 Å². The number of furan rings is 1. The van der Waals surface area contributed by atoms with E-state index in [1.54, 1.807) is 0 Å². The SMILES string of the molecule is c1ccc(N(c2ccc3sc4c5ccccc5ccc4c3c2N(c2ccccc2)c2ccc3oc4ccccc4c3c2)c2cccc3c2sc2ccccc23)cc1. The van der Waals surface area contributed by atoms with Gasteiger partial charge in [-0.15, -0.1) is 22.7 Å². The number of hydrogen-bond donors (Lipinski definition) is 0. The second kappa shape index (κ2) is 12.8. The Hall–Kier alpha value is -6.92. The van der Waals surface area contributed by atoms with Gasteiger partial charge in [-0.1, -0.05) is 121 Å². The maximum absolute atomic E-state index is 6.37.